The number of carbonyl (C=O) groups is 2. The minimum absolute atomic E-state index is 0.0541. The van der Waals surface area contributed by atoms with Gasteiger partial charge in [0.05, 0.1) is 11.8 Å². The van der Waals surface area contributed by atoms with Crippen molar-refractivity contribution in [2.24, 2.45) is 5.41 Å². The number of nitrogens with one attached hydrogen (secondary N) is 1. The third kappa shape index (κ3) is 3.79. The molecule has 1 aromatic rings. The van der Waals surface area contributed by atoms with Crippen LogP contribution in [-0.4, -0.2) is 36.7 Å². The maximum Gasteiger partial charge on any atom is 0.311 e. The number of carboxylic acid groups (broad SMARTS) is 1. The Labute approximate surface area is 126 Å². The predicted octanol–water partition coefficient (Wildman–Crippen LogP) is 1.50. The predicted molar refractivity (Wildman–Crippen MR) is 73.2 cm³/mol. The highest BCUT2D eigenvalue weighted by atomic mass is 19.1. The Hall–Kier alpha value is -2.02. The van der Waals surface area contributed by atoms with E-state index in [1.54, 1.807) is 0 Å². The standard InChI is InChI=1S/C15H17F2NO4/c16-11-1-2-12(17)10(7-11)8-13(19)18-9-15(14(20)21)3-5-22-6-4-15/h1-2,7H,3-6,8-9H2,(H,18,19)(H,20,21). The van der Waals surface area contributed by atoms with Gasteiger partial charge in [0.15, 0.2) is 0 Å². The summed E-state index contributed by atoms with van der Waals surface area (Å²) in [7, 11) is 0. The quantitative estimate of drug-likeness (QED) is 0.864. The van der Waals surface area contributed by atoms with Gasteiger partial charge in [-0.05, 0) is 31.0 Å². The maximum atomic E-state index is 13.5. The average molecular weight is 313 g/mol. The van der Waals surface area contributed by atoms with Crippen LogP contribution < -0.4 is 5.32 Å². The van der Waals surface area contributed by atoms with Crippen molar-refractivity contribution >= 4 is 11.9 Å². The lowest BCUT2D eigenvalue weighted by Gasteiger charge is -2.33. The SMILES string of the molecule is O=C(Cc1cc(F)ccc1F)NCC1(C(=O)O)CCOCC1. The molecule has 0 aliphatic carbocycles. The van der Waals surface area contributed by atoms with Gasteiger partial charge in [0.2, 0.25) is 5.91 Å². The van der Waals surface area contributed by atoms with E-state index in [2.05, 4.69) is 5.32 Å². The molecule has 0 aromatic heterocycles. The summed E-state index contributed by atoms with van der Waals surface area (Å²) < 4.78 is 31.7. The fourth-order valence-corrected chi connectivity index (χ4v) is 2.41. The molecular weight excluding hydrogens is 296 g/mol. The van der Waals surface area contributed by atoms with Crippen molar-refractivity contribution in [2.45, 2.75) is 19.3 Å². The smallest absolute Gasteiger partial charge is 0.311 e. The fraction of sp³-hybridized carbons (Fsp3) is 0.467. The zero-order valence-electron chi connectivity index (χ0n) is 11.9. The Kier molecular flexibility index (Phi) is 5.07. The van der Waals surface area contributed by atoms with Gasteiger partial charge >= 0.3 is 5.97 Å². The average Bonchev–Trinajstić information content (AvgIpc) is 2.50. The molecule has 7 heteroatoms. The third-order valence-corrected chi connectivity index (χ3v) is 3.89. The Morgan fingerprint density at radius 1 is 1.27 bits per heavy atom. The van der Waals surface area contributed by atoms with Crippen molar-refractivity contribution in [1.29, 1.82) is 0 Å². The van der Waals surface area contributed by atoms with E-state index >= 15 is 0 Å². The van der Waals surface area contributed by atoms with Crippen LogP contribution in [0, 0.1) is 17.0 Å². The number of ether oxygens (including phenoxy) is 1. The number of aliphatic carboxylic acids is 1. The van der Waals surface area contributed by atoms with Crippen LogP contribution in [0.15, 0.2) is 18.2 Å². The van der Waals surface area contributed by atoms with Gasteiger partial charge in [-0.2, -0.15) is 0 Å². The van der Waals surface area contributed by atoms with Gasteiger partial charge in [-0.3, -0.25) is 9.59 Å². The van der Waals surface area contributed by atoms with Crippen molar-refractivity contribution in [3.63, 3.8) is 0 Å². The Bertz CT molecular complexity index is 571. The normalized spacial score (nSPS) is 17.0. The second-order valence-corrected chi connectivity index (χ2v) is 5.39. The van der Waals surface area contributed by atoms with Crippen LogP contribution in [0.25, 0.3) is 0 Å². The van der Waals surface area contributed by atoms with E-state index in [0.717, 1.165) is 18.2 Å². The van der Waals surface area contributed by atoms with Crippen LogP contribution >= 0.6 is 0 Å². The van der Waals surface area contributed by atoms with Crippen LogP contribution in [0.3, 0.4) is 0 Å². The first-order chi connectivity index (χ1) is 10.4. The maximum absolute atomic E-state index is 13.5. The van der Waals surface area contributed by atoms with Gasteiger partial charge in [0, 0.05) is 25.3 Å². The van der Waals surface area contributed by atoms with Gasteiger partial charge in [-0.25, -0.2) is 8.78 Å². The summed E-state index contributed by atoms with van der Waals surface area (Å²) in [5, 5.41) is 11.9. The van der Waals surface area contributed by atoms with Crippen molar-refractivity contribution < 1.29 is 28.2 Å². The number of halogens is 2. The highest BCUT2D eigenvalue weighted by Crippen LogP contribution is 2.30. The molecule has 1 heterocycles. The third-order valence-electron chi connectivity index (χ3n) is 3.89. The fourth-order valence-electron chi connectivity index (χ4n) is 2.41. The van der Waals surface area contributed by atoms with E-state index in [-0.39, 0.29) is 18.5 Å². The van der Waals surface area contributed by atoms with Gasteiger partial charge in [0.25, 0.3) is 0 Å². The molecule has 1 aromatic carbocycles. The van der Waals surface area contributed by atoms with Crippen molar-refractivity contribution in [3.8, 4) is 0 Å². The lowest BCUT2D eigenvalue weighted by Crippen LogP contribution is -2.46. The molecule has 0 saturated carbocycles. The van der Waals surface area contributed by atoms with Crippen LogP contribution in [-0.2, 0) is 20.7 Å². The number of carbonyl (C=O) groups excluding carboxylic acids is 1. The number of rotatable bonds is 5. The molecule has 0 bridgehead atoms. The number of carboxylic acids is 1. The highest BCUT2D eigenvalue weighted by molar-refractivity contribution is 5.80. The molecule has 1 aliphatic rings. The van der Waals surface area contributed by atoms with E-state index in [0.29, 0.717) is 26.1 Å². The van der Waals surface area contributed by atoms with Crippen LogP contribution in [0.4, 0.5) is 8.78 Å². The van der Waals surface area contributed by atoms with E-state index in [1.165, 1.54) is 0 Å². The summed E-state index contributed by atoms with van der Waals surface area (Å²) in [5.74, 6) is -2.84. The molecule has 1 aliphatic heterocycles. The first-order valence-corrected chi connectivity index (χ1v) is 6.95. The summed E-state index contributed by atoms with van der Waals surface area (Å²) in [6.45, 7) is 0.586. The van der Waals surface area contributed by atoms with Gasteiger partial charge in [-0.1, -0.05) is 0 Å². The van der Waals surface area contributed by atoms with Crippen LogP contribution in [0.1, 0.15) is 18.4 Å². The molecule has 1 saturated heterocycles. The second-order valence-electron chi connectivity index (χ2n) is 5.39. The van der Waals surface area contributed by atoms with E-state index < -0.39 is 28.9 Å². The lowest BCUT2D eigenvalue weighted by molar-refractivity contribution is -0.154. The number of benzene rings is 1. The first-order valence-electron chi connectivity index (χ1n) is 6.95. The molecular formula is C15H17F2NO4. The highest BCUT2D eigenvalue weighted by Gasteiger charge is 2.40. The zero-order chi connectivity index (χ0) is 16.2. The van der Waals surface area contributed by atoms with Gasteiger partial charge in [0.1, 0.15) is 11.6 Å². The summed E-state index contributed by atoms with van der Waals surface area (Å²) in [5.41, 5.74) is -1.12. The lowest BCUT2D eigenvalue weighted by atomic mass is 9.80. The van der Waals surface area contributed by atoms with Crippen LogP contribution in [0.2, 0.25) is 0 Å². The topological polar surface area (TPSA) is 75.6 Å². The largest absolute Gasteiger partial charge is 0.481 e. The van der Waals surface area contributed by atoms with Crippen molar-refractivity contribution in [2.75, 3.05) is 19.8 Å². The van der Waals surface area contributed by atoms with Gasteiger partial charge in [-0.15, -0.1) is 0 Å². The molecule has 0 atom stereocenters. The monoisotopic (exact) mass is 313 g/mol. The molecule has 0 unspecified atom stereocenters. The Balaban J connectivity index is 1.96. The summed E-state index contributed by atoms with van der Waals surface area (Å²) >= 11 is 0. The number of hydrogen-bond donors (Lipinski definition) is 2. The first kappa shape index (κ1) is 16.4. The number of amides is 1. The van der Waals surface area contributed by atoms with Crippen molar-refractivity contribution in [1.82, 2.24) is 5.32 Å². The van der Waals surface area contributed by atoms with E-state index in [4.69, 9.17) is 4.74 Å². The summed E-state index contributed by atoms with van der Waals surface area (Å²) in [4.78, 5) is 23.3. The summed E-state index contributed by atoms with van der Waals surface area (Å²) in [6.07, 6.45) is 0.268. The molecule has 0 radical (unpaired) electrons. The zero-order valence-corrected chi connectivity index (χ0v) is 11.9. The molecule has 5 nitrogen and oxygen atoms in total. The molecule has 2 rings (SSSR count). The van der Waals surface area contributed by atoms with Gasteiger partial charge < -0.3 is 15.2 Å². The molecule has 1 amide bonds. The minimum atomic E-state index is -1.06. The number of hydrogen-bond acceptors (Lipinski definition) is 3. The van der Waals surface area contributed by atoms with E-state index in [9.17, 15) is 23.5 Å². The summed E-state index contributed by atoms with van der Waals surface area (Å²) in [6, 6.07) is 2.88. The second kappa shape index (κ2) is 6.83. The van der Waals surface area contributed by atoms with E-state index in [1.807, 2.05) is 0 Å². The molecule has 0 spiro atoms. The minimum Gasteiger partial charge on any atom is -0.481 e. The molecule has 120 valence electrons. The molecule has 2 N–H and O–H groups in total. The Morgan fingerprint density at radius 3 is 2.59 bits per heavy atom. The molecule has 22 heavy (non-hydrogen) atoms. The van der Waals surface area contributed by atoms with Crippen molar-refractivity contribution in [3.05, 3.63) is 35.4 Å². The van der Waals surface area contributed by atoms with Crippen LogP contribution in [0.5, 0.6) is 0 Å². The Morgan fingerprint density at radius 2 is 1.95 bits per heavy atom. The molecule has 1 fully saturated rings.